The highest BCUT2D eigenvalue weighted by atomic mass is 19.4. The van der Waals surface area contributed by atoms with Gasteiger partial charge in [0.2, 0.25) is 0 Å². The first-order chi connectivity index (χ1) is 11.1. The Bertz CT molecular complexity index is 717. The van der Waals surface area contributed by atoms with E-state index in [-0.39, 0.29) is 5.75 Å². The molecular weight excluding hydrogens is 338 g/mol. The summed E-state index contributed by atoms with van der Waals surface area (Å²) < 4.78 is 82.0. The molecule has 2 nitrogen and oxygen atoms in total. The highest BCUT2D eigenvalue weighted by Gasteiger charge is 2.37. The molecule has 0 bridgehead atoms. The molecule has 0 fully saturated rings. The molecule has 0 amide bonds. The van der Waals surface area contributed by atoms with Crippen LogP contribution in [0.4, 0.5) is 26.3 Å². The molecule has 0 spiro atoms. The van der Waals surface area contributed by atoms with E-state index in [0.717, 1.165) is 0 Å². The third-order valence-electron chi connectivity index (χ3n) is 3.15. The number of ether oxygens (including phenoxy) is 1. The summed E-state index contributed by atoms with van der Waals surface area (Å²) in [5, 5.41) is 0. The van der Waals surface area contributed by atoms with E-state index in [1.165, 1.54) is 24.3 Å². The molecule has 0 atom stereocenters. The topological polar surface area (TPSA) is 26.3 Å². The van der Waals surface area contributed by atoms with Crippen LogP contribution >= 0.6 is 0 Å². The fourth-order valence-corrected chi connectivity index (χ4v) is 1.97. The molecule has 2 rings (SSSR count). The van der Waals surface area contributed by atoms with E-state index in [9.17, 15) is 31.1 Å². The Labute approximate surface area is 132 Å². The van der Waals surface area contributed by atoms with Crippen molar-refractivity contribution in [1.82, 2.24) is 0 Å². The van der Waals surface area contributed by atoms with Crippen LogP contribution in [0.15, 0.2) is 42.5 Å². The zero-order valence-corrected chi connectivity index (χ0v) is 11.9. The van der Waals surface area contributed by atoms with Crippen LogP contribution in [0, 0.1) is 0 Å². The Hall–Kier alpha value is -2.51. The molecule has 0 N–H and O–H groups in total. The van der Waals surface area contributed by atoms with Crippen LogP contribution in [0.5, 0.6) is 5.75 Å². The Morgan fingerprint density at radius 1 is 0.875 bits per heavy atom. The molecule has 0 radical (unpaired) electrons. The molecule has 24 heavy (non-hydrogen) atoms. The van der Waals surface area contributed by atoms with Gasteiger partial charge >= 0.3 is 12.4 Å². The van der Waals surface area contributed by atoms with Gasteiger partial charge in [0, 0.05) is 11.1 Å². The van der Waals surface area contributed by atoms with Gasteiger partial charge in [0.05, 0.1) is 11.1 Å². The molecule has 0 heterocycles. The molecule has 0 saturated heterocycles. The van der Waals surface area contributed by atoms with Crippen molar-refractivity contribution in [2.45, 2.75) is 19.0 Å². The van der Waals surface area contributed by atoms with E-state index >= 15 is 0 Å². The number of aldehydes is 1. The first-order valence-corrected chi connectivity index (χ1v) is 6.56. The number of carbonyl (C=O) groups excluding carboxylic acids is 1. The smallest absolute Gasteiger partial charge is 0.416 e. The van der Waals surface area contributed by atoms with Gasteiger partial charge in [-0.2, -0.15) is 26.3 Å². The second kappa shape index (κ2) is 6.54. The van der Waals surface area contributed by atoms with E-state index in [2.05, 4.69) is 0 Å². The third-order valence-corrected chi connectivity index (χ3v) is 3.15. The van der Waals surface area contributed by atoms with Gasteiger partial charge in [0.15, 0.2) is 0 Å². The minimum Gasteiger partial charge on any atom is -0.489 e. The molecule has 0 aliphatic rings. The van der Waals surface area contributed by atoms with E-state index in [1.54, 1.807) is 0 Å². The van der Waals surface area contributed by atoms with Crippen molar-refractivity contribution in [3.63, 3.8) is 0 Å². The summed E-state index contributed by atoms with van der Waals surface area (Å²) >= 11 is 0. The summed E-state index contributed by atoms with van der Waals surface area (Å²) in [4.78, 5) is 10.5. The molecular formula is C16H10F6O2. The molecule has 8 heteroatoms. The maximum Gasteiger partial charge on any atom is 0.416 e. The lowest BCUT2D eigenvalue weighted by Gasteiger charge is -2.16. The number of rotatable bonds is 4. The summed E-state index contributed by atoms with van der Waals surface area (Å²) in [6.45, 7) is -0.695. The highest BCUT2D eigenvalue weighted by Crippen LogP contribution is 2.36. The monoisotopic (exact) mass is 348 g/mol. The Morgan fingerprint density at radius 2 is 1.50 bits per heavy atom. The summed E-state index contributed by atoms with van der Waals surface area (Å²) in [6.07, 6.45) is -8.99. The molecule has 2 aromatic carbocycles. The first kappa shape index (κ1) is 17.8. The lowest BCUT2D eigenvalue weighted by molar-refractivity contribution is -0.142. The van der Waals surface area contributed by atoms with Crippen LogP contribution < -0.4 is 4.74 Å². The van der Waals surface area contributed by atoms with Gasteiger partial charge in [-0.15, -0.1) is 0 Å². The van der Waals surface area contributed by atoms with Crippen LogP contribution in [-0.2, 0) is 19.0 Å². The number of hydrogen-bond donors (Lipinski definition) is 0. The average Bonchev–Trinajstić information content (AvgIpc) is 2.51. The number of benzene rings is 2. The van der Waals surface area contributed by atoms with Gasteiger partial charge in [0.1, 0.15) is 18.6 Å². The van der Waals surface area contributed by atoms with Crippen LogP contribution in [0.3, 0.4) is 0 Å². The fourth-order valence-electron chi connectivity index (χ4n) is 1.97. The van der Waals surface area contributed by atoms with Crippen LogP contribution in [0.25, 0.3) is 0 Å². The van der Waals surface area contributed by atoms with Crippen molar-refractivity contribution in [1.29, 1.82) is 0 Å². The fraction of sp³-hybridized carbons (Fsp3) is 0.188. The Balaban J connectivity index is 2.29. The summed E-state index contributed by atoms with van der Waals surface area (Å²) in [5.41, 5.74) is -2.68. The Kier molecular flexibility index (Phi) is 4.86. The zero-order chi connectivity index (χ0) is 18.0. The van der Waals surface area contributed by atoms with Crippen LogP contribution in [0.1, 0.15) is 27.0 Å². The normalized spacial score (nSPS) is 12.1. The maximum absolute atomic E-state index is 12.9. The van der Waals surface area contributed by atoms with Crippen molar-refractivity contribution >= 4 is 6.29 Å². The van der Waals surface area contributed by atoms with Gasteiger partial charge in [-0.3, -0.25) is 4.79 Å². The quantitative estimate of drug-likeness (QED) is 0.567. The van der Waals surface area contributed by atoms with Gasteiger partial charge < -0.3 is 4.74 Å². The summed E-state index contributed by atoms with van der Waals surface area (Å²) in [7, 11) is 0. The molecule has 2 aromatic rings. The molecule has 0 saturated carbocycles. The lowest BCUT2D eigenvalue weighted by Crippen LogP contribution is -2.14. The lowest BCUT2D eigenvalue weighted by atomic mass is 10.0. The van der Waals surface area contributed by atoms with E-state index in [4.69, 9.17) is 4.74 Å². The third kappa shape index (κ3) is 4.27. The van der Waals surface area contributed by atoms with E-state index < -0.39 is 35.6 Å². The number of alkyl halides is 6. The molecule has 0 unspecified atom stereocenters. The number of halogens is 6. The first-order valence-electron chi connectivity index (χ1n) is 6.56. The van der Waals surface area contributed by atoms with Crippen molar-refractivity contribution in [3.8, 4) is 5.75 Å². The van der Waals surface area contributed by atoms with Gasteiger partial charge in [0.25, 0.3) is 0 Å². The predicted octanol–water partition coefficient (Wildman–Crippen LogP) is 5.12. The molecule has 0 aliphatic carbocycles. The summed E-state index contributed by atoms with van der Waals surface area (Å²) in [6, 6.07) is 6.61. The minimum absolute atomic E-state index is 0.131. The van der Waals surface area contributed by atoms with Crippen molar-refractivity contribution in [2.75, 3.05) is 0 Å². The second-order valence-electron chi connectivity index (χ2n) is 4.84. The second-order valence-corrected chi connectivity index (χ2v) is 4.84. The number of hydrogen-bond acceptors (Lipinski definition) is 2. The van der Waals surface area contributed by atoms with Gasteiger partial charge in [-0.25, -0.2) is 0 Å². The van der Waals surface area contributed by atoms with E-state index in [0.29, 0.717) is 30.0 Å². The molecule has 0 aliphatic heterocycles. The Morgan fingerprint density at radius 3 is 2.00 bits per heavy atom. The van der Waals surface area contributed by atoms with Crippen molar-refractivity contribution in [3.05, 3.63) is 64.7 Å². The number of carbonyl (C=O) groups is 1. The maximum atomic E-state index is 12.9. The van der Waals surface area contributed by atoms with Gasteiger partial charge in [-0.1, -0.05) is 0 Å². The average molecular weight is 348 g/mol. The van der Waals surface area contributed by atoms with Crippen LogP contribution in [0.2, 0.25) is 0 Å². The SMILES string of the molecule is O=Cc1ccc(OCc2cc(C(F)(F)F)ccc2C(F)(F)F)cc1. The minimum atomic E-state index is -4.80. The molecule has 0 aromatic heterocycles. The zero-order valence-electron chi connectivity index (χ0n) is 11.9. The van der Waals surface area contributed by atoms with Crippen molar-refractivity contribution in [2.24, 2.45) is 0 Å². The van der Waals surface area contributed by atoms with E-state index in [1.807, 2.05) is 0 Å². The van der Waals surface area contributed by atoms with Gasteiger partial charge in [-0.05, 0) is 42.5 Å². The van der Waals surface area contributed by atoms with Crippen molar-refractivity contribution < 1.29 is 35.9 Å². The van der Waals surface area contributed by atoms with Crippen LogP contribution in [-0.4, -0.2) is 6.29 Å². The largest absolute Gasteiger partial charge is 0.489 e. The summed E-state index contributed by atoms with van der Waals surface area (Å²) in [5.74, 6) is 0.131. The molecule has 128 valence electrons. The standard InChI is InChI=1S/C16H10F6O2/c17-15(18,19)12-3-6-14(16(20,21)22)11(7-12)9-24-13-4-1-10(8-23)2-5-13/h1-8H,9H2. The predicted molar refractivity (Wildman–Crippen MR) is 72.6 cm³/mol. The highest BCUT2D eigenvalue weighted by molar-refractivity contribution is 5.74.